The van der Waals surface area contributed by atoms with Gasteiger partial charge >= 0.3 is 5.97 Å². The Kier molecular flexibility index (Phi) is 12.5. The maximum atomic E-state index is 9.87. The minimum absolute atomic E-state index is 0.312. The van der Waals surface area contributed by atoms with E-state index in [1.165, 1.54) is 6.92 Å². The van der Waals surface area contributed by atoms with Gasteiger partial charge in [-0.25, -0.2) is 0 Å². The standard InChI is InChI=1S/C6H10O.C4H6O3/c1-3-5-7-6-4-2;1-3(5)2-4(6)7/h3-4H,1-2,5-6H2;2H2,1H3,(H,6,7). The molecule has 0 fully saturated rings. The number of ketones is 1. The number of carboxylic acids is 1. The molecule has 0 aromatic rings. The second-order valence-electron chi connectivity index (χ2n) is 2.39. The number of rotatable bonds is 6. The molecule has 0 radical (unpaired) electrons. The zero-order valence-corrected chi connectivity index (χ0v) is 8.36. The van der Waals surface area contributed by atoms with Crippen LogP contribution in [0.3, 0.4) is 0 Å². The maximum absolute atomic E-state index is 9.87. The highest BCUT2D eigenvalue weighted by Gasteiger charge is 1.98. The molecule has 1 N–H and O–H groups in total. The van der Waals surface area contributed by atoms with Crippen LogP contribution < -0.4 is 0 Å². The summed E-state index contributed by atoms with van der Waals surface area (Å²) in [6.07, 6.45) is 3.06. The van der Waals surface area contributed by atoms with Gasteiger partial charge in [-0.2, -0.15) is 0 Å². The molecule has 0 aliphatic heterocycles. The van der Waals surface area contributed by atoms with Gasteiger partial charge in [0.1, 0.15) is 12.2 Å². The third-order valence-electron chi connectivity index (χ3n) is 0.872. The summed E-state index contributed by atoms with van der Waals surface area (Å²) in [5, 5.41) is 7.86. The normalized spacial score (nSPS) is 8.07. The van der Waals surface area contributed by atoms with Crippen LogP contribution in [0.15, 0.2) is 25.3 Å². The van der Waals surface area contributed by atoms with Crippen LogP contribution in [0.5, 0.6) is 0 Å². The van der Waals surface area contributed by atoms with E-state index in [0.717, 1.165) is 0 Å². The van der Waals surface area contributed by atoms with Crippen LogP contribution in [0.25, 0.3) is 0 Å². The lowest BCUT2D eigenvalue weighted by Crippen LogP contribution is -2.00. The van der Waals surface area contributed by atoms with Gasteiger partial charge in [-0.1, -0.05) is 12.2 Å². The van der Waals surface area contributed by atoms with Crippen molar-refractivity contribution in [3.63, 3.8) is 0 Å². The minimum atomic E-state index is -1.06. The predicted molar refractivity (Wildman–Crippen MR) is 54.1 cm³/mol. The van der Waals surface area contributed by atoms with Gasteiger partial charge in [0.2, 0.25) is 0 Å². The van der Waals surface area contributed by atoms with Gasteiger partial charge in [0.05, 0.1) is 13.2 Å². The first-order valence-electron chi connectivity index (χ1n) is 4.05. The highest BCUT2D eigenvalue weighted by atomic mass is 16.5. The largest absolute Gasteiger partial charge is 0.481 e. The lowest BCUT2D eigenvalue weighted by Gasteiger charge is -1.89. The van der Waals surface area contributed by atoms with Crippen LogP contribution in [0.4, 0.5) is 0 Å². The van der Waals surface area contributed by atoms with E-state index in [9.17, 15) is 9.59 Å². The molecule has 0 aliphatic carbocycles. The monoisotopic (exact) mass is 200 g/mol. The van der Waals surface area contributed by atoms with Crippen molar-refractivity contribution in [2.45, 2.75) is 13.3 Å². The number of carbonyl (C=O) groups excluding carboxylic acids is 1. The lowest BCUT2D eigenvalue weighted by molar-refractivity contribution is -0.139. The topological polar surface area (TPSA) is 63.6 Å². The molecule has 4 nitrogen and oxygen atoms in total. The van der Waals surface area contributed by atoms with Crippen molar-refractivity contribution in [3.8, 4) is 0 Å². The van der Waals surface area contributed by atoms with Crippen LogP contribution in [0.1, 0.15) is 13.3 Å². The average Bonchev–Trinajstić information content (AvgIpc) is 2.04. The first-order chi connectivity index (χ1) is 6.54. The van der Waals surface area contributed by atoms with Gasteiger partial charge in [0.15, 0.2) is 0 Å². The number of hydrogen-bond donors (Lipinski definition) is 1. The molecule has 0 aliphatic rings. The Balaban J connectivity index is 0. The first-order valence-corrected chi connectivity index (χ1v) is 4.05. The summed E-state index contributed by atoms with van der Waals surface area (Å²) in [5.41, 5.74) is 0. The molecule has 0 saturated heterocycles. The van der Waals surface area contributed by atoms with Crippen LogP contribution >= 0.6 is 0 Å². The zero-order chi connectivity index (χ0) is 11.4. The SMILES string of the molecule is C=CCOCC=C.CC(=O)CC(=O)O. The number of hydrogen-bond acceptors (Lipinski definition) is 3. The lowest BCUT2D eigenvalue weighted by atomic mass is 10.3. The Morgan fingerprint density at radius 1 is 1.29 bits per heavy atom. The molecule has 0 unspecified atom stereocenters. The van der Waals surface area contributed by atoms with E-state index < -0.39 is 5.97 Å². The number of carbonyl (C=O) groups is 2. The van der Waals surface area contributed by atoms with Crippen LogP contribution in [-0.4, -0.2) is 30.1 Å². The molecule has 0 heterocycles. The summed E-state index contributed by atoms with van der Waals surface area (Å²) < 4.78 is 4.90. The van der Waals surface area contributed by atoms with Gasteiger partial charge < -0.3 is 9.84 Å². The van der Waals surface area contributed by atoms with E-state index >= 15 is 0 Å². The highest BCUT2D eigenvalue weighted by Crippen LogP contribution is 1.77. The molecule has 0 saturated carbocycles. The van der Waals surface area contributed by atoms with Gasteiger partial charge in [0, 0.05) is 0 Å². The van der Waals surface area contributed by atoms with Crippen molar-refractivity contribution in [1.82, 2.24) is 0 Å². The highest BCUT2D eigenvalue weighted by molar-refractivity contribution is 5.93. The first kappa shape index (κ1) is 15.1. The quantitative estimate of drug-likeness (QED) is 0.400. The van der Waals surface area contributed by atoms with Crippen molar-refractivity contribution in [2.75, 3.05) is 13.2 Å². The van der Waals surface area contributed by atoms with E-state index in [2.05, 4.69) is 13.2 Å². The fourth-order valence-electron chi connectivity index (χ4n) is 0.448. The van der Waals surface area contributed by atoms with E-state index in [0.29, 0.717) is 13.2 Å². The molecule has 14 heavy (non-hydrogen) atoms. The molecule has 0 bridgehead atoms. The molecule has 0 rings (SSSR count). The summed E-state index contributed by atoms with van der Waals surface area (Å²) in [5.74, 6) is -1.37. The smallest absolute Gasteiger partial charge is 0.310 e. The van der Waals surface area contributed by atoms with Crippen LogP contribution in [0, 0.1) is 0 Å². The third kappa shape index (κ3) is 22.4. The molecule has 4 heteroatoms. The Morgan fingerprint density at radius 2 is 1.71 bits per heavy atom. The van der Waals surface area contributed by atoms with Crippen LogP contribution in [-0.2, 0) is 14.3 Å². The Hall–Kier alpha value is -1.42. The molecule has 0 aromatic heterocycles. The Morgan fingerprint density at radius 3 is 1.86 bits per heavy atom. The zero-order valence-electron chi connectivity index (χ0n) is 8.36. The van der Waals surface area contributed by atoms with Gasteiger partial charge in [-0.3, -0.25) is 9.59 Å². The molecular formula is C10H16O4. The summed E-state index contributed by atoms with van der Waals surface area (Å²) in [4.78, 5) is 19.5. The van der Waals surface area contributed by atoms with Gasteiger partial charge in [0.25, 0.3) is 0 Å². The number of ether oxygens (including phenoxy) is 1. The van der Waals surface area contributed by atoms with Crippen molar-refractivity contribution < 1.29 is 19.4 Å². The fraction of sp³-hybridized carbons (Fsp3) is 0.400. The van der Waals surface area contributed by atoms with Crippen molar-refractivity contribution in [2.24, 2.45) is 0 Å². The molecule has 80 valence electrons. The maximum Gasteiger partial charge on any atom is 0.310 e. The van der Waals surface area contributed by atoms with E-state index in [1.807, 2.05) is 0 Å². The van der Waals surface area contributed by atoms with Crippen molar-refractivity contribution in [3.05, 3.63) is 25.3 Å². The number of Topliss-reactive ketones (excluding diaryl/α,β-unsaturated/α-hetero) is 1. The van der Waals surface area contributed by atoms with Gasteiger partial charge in [-0.05, 0) is 6.92 Å². The molecule has 0 spiro atoms. The summed E-state index contributed by atoms with van der Waals surface area (Å²) >= 11 is 0. The molecular weight excluding hydrogens is 184 g/mol. The predicted octanol–water partition coefficient (Wildman–Crippen LogP) is 1.43. The molecule has 0 aromatic carbocycles. The summed E-state index contributed by atoms with van der Waals surface area (Å²) in [7, 11) is 0. The van der Waals surface area contributed by atoms with E-state index in [-0.39, 0.29) is 12.2 Å². The minimum Gasteiger partial charge on any atom is -0.481 e. The van der Waals surface area contributed by atoms with Crippen molar-refractivity contribution >= 4 is 11.8 Å². The fourth-order valence-corrected chi connectivity index (χ4v) is 0.448. The van der Waals surface area contributed by atoms with E-state index in [1.54, 1.807) is 12.2 Å². The second kappa shape index (κ2) is 11.6. The Bertz CT molecular complexity index is 176. The van der Waals surface area contributed by atoms with Crippen molar-refractivity contribution in [1.29, 1.82) is 0 Å². The second-order valence-corrected chi connectivity index (χ2v) is 2.39. The Labute approximate surface area is 83.9 Å². The summed E-state index contributed by atoms with van der Waals surface area (Å²) in [6.45, 7) is 9.42. The number of carboxylic acid groups (broad SMARTS) is 1. The summed E-state index contributed by atoms with van der Waals surface area (Å²) in [6, 6.07) is 0. The average molecular weight is 200 g/mol. The van der Waals surface area contributed by atoms with E-state index in [4.69, 9.17) is 9.84 Å². The molecule has 0 atom stereocenters. The van der Waals surface area contributed by atoms with Gasteiger partial charge in [-0.15, -0.1) is 13.2 Å². The number of aliphatic carboxylic acids is 1. The molecule has 0 amide bonds. The third-order valence-corrected chi connectivity index (χ3v) is 0.872. The van der Waals surface area contributed by atoms with Crippen LogP contribution in [0.2, 0.25) is 0 Å².